The van der Waals surface area contributed by atoms with Gasteiger partial charge in [0.15, 0.2) is 0 Å². The van der Waals surface area contributed by atoms with Gasteiger partial charge in [-0.15, -0.1) is 11.3 Å². The Morgan fingerprint density at radius 2 is 2.43 bits per heavy atom. The number of ether oxygens (including phenoxy) is 2. The maximum Gasteiger partial charge on any atom is 0.249 e. The molecular weight excluding hydrogens is 316 g/mol. The fraction of sp³-hybridized carbons (Fsp3) is 0.533. The summed E-state index contributed by atoms with van der Waals surface area (Å²) in [5, 5.41) is 6.99. The van der Waals surface area contributed by atoms with Gasteiger partial charge >= 0.3 is 0 Å². The van der Waals surface area contributed by atoms with Crippen molar-refractivity contribution in [2.45, 2.75) is 19.6 Å². The number of aromatic nitrogens is 3. The average molecular weight is 336 g/mol. The maximum atomic E-state index is 12.5. The minimum atomic E-state index is -0.116. The lowest BCUT2D eigenvalue weighted by atomic mass is 10.2. The number of morpholine rings is 1. The van der Waals surface area contributed by atoms with E-state index in [2.05, 4.69) is 10.1 Å². The molecule has 0 radical (unpaired) electrons. The first-order valence-electron chi connectivity index (χ1n) is 7.49. The molecule has 0 saturated carbocycles. The predicted octanol–water partition coefficient (Wildman–Crippen LogP) is 1.30. The topological polar surface area (TPSA) is 69.5 Å². The highest BCUT2D eigenvalue weighted by atomic mass is 32.1. The second-order valence-corrected chi connectivity index (χ2v) is 6.33. The molecule has 1 aliphatic rings. The summed E-state index contributed by atoms with van der Waals surface area (Å²) in [6, 6.07) is 1.76. The van der Waals surface area contributed by atoms with Crippen LogP contribution in [0.3, 0.4) is 0 Å². The summed E-state index contributed by atoms with van der Waals surface area (Å²) in [4.78, 5) is 18.8. The molecule has 0 spiro atoms. The molecule has 1 unspecified atom stereocenters. The third-order valence-corrected chi connectivity index (χ3v) is 4.83. The van der Waals surface area contributed by atoms with Crippen molar-refractivity contribution >= 4 is 17.2 Å². The molecule has 0 aliphatic carbocycles. The first kappa shape index (κ1) is 16.1. The van der Waals surface area contributed by atoms with Crippen molar-refractivity contribution in [1.29, 1.82) is 0 Å². The molecule has 7 nitrogen and oxygen atoms in total. The van der Waals surface area contributed by atoms with Gasteiger partial charge in [-0.3, -0.25) is 9.48 Å². The molecule has 0 bridgehead atoms. The van der Waals surface area contributed by atoms with Crippen molar-refractivity contribution in [1.82, 2.24) is 19.7 Å². The van der Waals surface area contributed by atoms with Gasteiger partial charge in [0.05, 0.1) is 25.5 Å². The average Bonchev–Trinajstić information content (AvgIpc) is 3.16. The largest absolute Gasteiger partial charge is 0.377 e. The van der Waals surface area contributed by atoms with Crippen LogP contribution >= 0.6 is 11.3 Å². The highest BCUT2D eigenvalue weighted by molar-refractivity contribution is 7.09. The number of hydrogen-bond donors (Lipinski definition) is 0. The van der Waals surface area contributed by atoms with Gasteiger partial charge < -0.3 is 14.4 Å². The van der Waals surface area contributed by atoms with Gasteiger partial charge in [0.1, 0.15) is 17.7 Å². The predicted molar refractivity (Wildman–Crippen MR) is 85.0 cm³/mol. The van der Waals surface area contributed by atoms with Gasteiger partial charge in [0.2, 0.25) is 5.91 Å². The van der Waals surface area contributed by atoms with Crippen molar-refractivity contribution in [2.24, 2.45) is 7.05 Å². The lowest BCUT2D eigenvalue weighted by Crippen LogP contribution is -2.45. The Bertz CT molecular complexity index is 669. The molecular formula is C15H20N4O3S. The molecule has 1 aliphatic heterocycles. The smallest absolute Gasteiger partial charge is 0.249 e. The van der Waals surface area contributed by atoms with Gasteiger partial charge in [-0.25, -0.2) is 4.98 Å². The van der Waals surface area contributed by atoms with Crippen LogP contribution in [0.5, 0.6) is 0 Å². The lowest BCUT2D eigenvalue weighted by molar-refractivity contribution is -0.145. The number of amides is 1. The molecule has 3 heterocycles. The highest BCUT2D eigenvalue weighted by Gasteiger charge is 2.30. The number of carbonyl (C=O) groups is 1. The van der Waals surface area contributed by atoms with Crippen LogP contribution < -0.4 is 0 Å². The Kier molecular flexibility index (Phi) is 5.04. The SMILES string of the molecule is Cc1csc(C2COCCN2C(=O)COCc2ccnn2C)n1. The van der Waals surface area contributed by atoms with Crippen molar-refractivity contribution < 1.29 is 14.3 Å². The Hall–Kier alpha value is -1.77. The van der Waals surface area contributed by atoms with E-state index in [1.165, 1.54) is 0 Å². The minimum Gasteiger partial charge on any atom is -0.377 e. The van der Waals surface area contributed by atoms with Crippen LogP contribution in [-0.4, -0.2) is 51.9 Å². The number of nitrogens with zero attached hydrogens (tertiary/aromatic N) is 4. The Morgan fingerprint density at radius 3 is 3.13 bits per heavy atom. The van der Waals surface area contributed by atoms with E-state index in [-0.39, 0.29) is 18.6 Å². The third kappa shape index (κ3) is 3.77. The molecule has 1 atom stereocenters. The van der Waals surface area contributed by atoms with E-state index in [0.717, 1.165) is 16.4 Å². The summed E-state index contributed by atoms with van der Waals surface area (Å²) >= 11 is 1.56. The first-order valence-corrected chi connectivity index (χ1v) is 8.37. The van der Waals surface area contributed by atoms with Crippen molar-refractivity contribution in [3.63, 3.8) is 0 Å². The van der Waals surface area contributed by atoms with Crippen LogP contribution in [0, 0.1) is 6.92 Å². The molecule has 8 heteroatoms. The van der Waals surface area contributed by atoms with E-state index >= 15 is 0 Å². The van der Waals surface area contributed by atoms with Gasteiger partial charge in [0, 0.05) is 30.9 Å². The van der Waals surface area contributed by atoms with Gasteiger partial charge in [-0.05, 0) is 13.0 Å². The van der Waals surface area contributed by atoms with E-state index in [4.69, 9.17) is 9.47 Å². The zero-order valence-electron chi connectivity index (χ0n) is 13.3. The van der Waals surface area contributed by atoms with E-state index < -0.39 is 0 Å². The van der Waals surface area contributed by atoms with Crippen molar-refractivity contribution in [2.75, 3.05) is 26.4 Å². The molecule has 1 amide bonds. The quantitative estimate of drug-likeness (QED) is 0.823. The Morgan fingerprint density at radius 1 is 1.57 bits per heavy atom. The first-order chi connectivity index (χ1) is 11.1. The molecule has 0 N–H and O–H groups in total. The van der Waals surface area contributed by atoms with E-state index in [1.54, 1.807) is 22.2 Å². The molecule has 124 valence electrons. The normalized spacial score (nSPS) is 18.3. The number of rotatable bonds is 5. The fourth-order valence-corrected chi connectivity index (χ4v) is 3.39. The third-order valence-electron chi connectivity index (χ3n) is 3.77. The second kappa shape index (κ2) is 7.20. The molecule has 23 heavy (non-hydrogen) atoms. The summed E-state index contributed by atoms with van der Waals surface area (Å²) in [7, 11) is 1.85. The molecule has 3 rings (SSSR count). The van der Waals surface area contributed by atoms with Crippen LogP contribution in [0.2, 0.25) is 0 Å². The van der Waals surface area contributed by atoms with Crippen LogP contribution in [0.15, 0.2) is 17.6 Å². The summed E-state index contributed by atoms with van der Waals surface area (Å²) in [5.41, 5.74) is 1.90. The summed E-state index contributed by atoms with van der Waals surface area (Å²) in [6.07, 6.45) is 1.71. The van der Waals surface area contributed by atoms with Crippen molar-refractivity contribution in [3.05, 3.63) is 34.0 Å². The van der Waals surface area contributed by atoms with E-state index in [0.29, 0.717) is 26.4 Å². The second-order valence-electron chi connectivity index (χ2n) is 5.44. The van der Waals surface area contributed by atoms with Crippen LogP contribution in [0.1, 0.15) is 22.4 Å². The van der Waals surface area contributed by atoms with Gasteiger partial charge in [0.25, 0.3) is 0 Å². The molecule has 1 fully saturated rings. The number of carbonyl (C=O) groups excluding carboxylic acids is 1. The van der Waals surface area contributed by atoms with E-state index in [1.807, 2.05) is 30.3 Å². The van der Waals surface area contributed by atoms with Crippen LogP contribution in [0.4, 0.5) is 0 Å². The van der Waals surface area contributed by atoms with Crippen molar-refractivity contribution in [3.8, 4) is 0 Å². The number of thiazole rings is 1. The standard InChI is InChI=1S/C15H20N4O3S/c1-11-10-23-15(17-11)13-8-21-6-5-19(13)14(20)9-22-7-12-3-4-16-18(12)2/h3-4,10,13H,5-9H2,1-2H3. The zero-order chi connectivity index (χ0) is 16.2. The van der Waals surface area contributed by atoms with Gasteiger partial charge in [-0.2, -0.15) is 5.10 Å². The summed E-state index contributed by atoms with van der Waals surface area (Å²) < 4.78 is 12.8. The van der Waals surface area contributed by atoms with E-state index in [9.17, 15) is 4.79 Å². The Balaban J connectivity index is 1.59. The summed E-state index contributed by atoms with van der Waals surface area (Å²) in [5.74, 6) is -0.0340. The monoisotopic (exact) mass is 336 g/mol. The van der Waals surface area contributed by atoms with Gasteiger partial charge in [-0.1, -0.05) is 0 Å². The maximum absolute atomic E-state index is 12.5. The number of aryl methyl sites for hydroxylation is 2. The zero-order valence-corrected chi connectivity index (χ0v) is 14.1. The summed E-state index contributed by atoms with van der Waals surface area (Å²) in [6.45, 7) is 3.97. The van der Waals surface area contributed by atoms with Crippen LogP contribution in [-0.2, 0) is 27.9 Å². The van der Waals surface area contributed by atoms with Crippen LogP contribution in [0.25, 0.3) is 0 Å². The molecule has 0 aromatic carbocycles. The molecule has 2 aromatic rings. The minimum absolute atomic E-state index is 0.0340. The molecule has 2 aromatic heterocycles. The lowest BCUT2D eigenvalue weighted by Gasteiger charge is -2.34. The highest BCUT2D eigenvalue weighted by Crippen LogP contribution is 2.27. The molecule has 1 saturated heterocycles. The Labute approximate surface area is 138 Å². The fourth-order valence-electron chi connectivity index (χ4n) is 2.50. The number of hydrogen-bond acceptors (Lipinski definition) is 6.